The third kappa shape index (κ3) is 9.73. The van der Waals surface area contributed by atoms with Crippen molar-refractivity contribution in [1.29, 1.82) is 0 Å². The van der Waals surface area contributed by atoms with Crippen molar-refractivity contribution in [2.24, 2.45) is 5.41 Å². The fourth-order valence-corrected chi connectivity index (χ4v) is 6.38. The summed E-state index contributed by atoms with van der Waals surface area (Å²) in [4.78, 5) is 34.2. The summed E-state index contributed by atoms with van der Waals surface area (Å²) < 4.78 is 47.5. The van der Waals surface area contributed by atoms with Gasteiger partial charge in [-0.15, -0.1) is 0 Å². The molecule has 4 rings (SSSR count). The van der Waals surface area contributed by atoms with Gasteiger partial charge in [-0.1, -0.05) is 20.8 Å². The van der Waals surface area contributed by atoms with Crippen molar-refractivity contribution in [2.45, 2.75) is 78.5 Å². The molecule has 49 heavy (non-hydrogen) atoms. The molecule has 15 nitrogen and oxygen atoms in total. The Morgan fingerprint density at radius 1 is 1.06 bits per heavy atom. The van der Waals surface area contributed by atoms with Crippen LogP contribution in [0.2, 0.25) is 0 Å². The number of amides is 2. The second-order valence-corrected chi connectivity index (χ2v) is 15.6. The Morgan fingerprint density at radius 3 is 2.35 bits per heavy atom. The molecule has 1 saturated heterocycles. The van der Waals surface area contributed by atoms with Crippen molar-refractivity contribution in [3.63, 3.8) is 0 Å². The zero-order valence-electron chi connectivity index (χ0n) is 29.4. The lowest BCUT2D eigenvalue weighted by atomic mass is 9.77. The molecule has 0 bridgehead atoms. The van der Waals surface area contributed by atoms with Crippen LogP contribution < -0.4 is 15.0 Å². The lowest BCUT2D eigenvalue weighted by Crippen LogP contribution is -2.58. The molecule has 1 unspecified atom stereocenters. The highest BCUT2D eigenvalue weighted by atomic mass is 32.2. The van der Waals surface area contributed by atoms with Crippen LogP contribution >= 0.6 is 0 Å². The monoisotopic (exact) mass is 704 g/mol. The molecule has 0 saturated carbocycles. The molecule has 2 aromatic heterocycles. The average molecular weight is 705 g/mol. The van der Waals surface area contributed by atoms with Gasteiger partial charge in [0.15, 0.2) is 11.5 Å². The number of hydrogen-bond acceptors (Lipinski definition) is 11. The van der Waals surface area contributed by atoms with Crippen molar-refractivity contribution in [1.82, 2.24) is 19.5 Å². The molecule has 270 valence electrons. The third-order valence-corrected chi connectivity index (χ3v) is 8.37. The Hall–Kier alpha value is -4.15. The summed E-state index contributed by atoms with van der Waals surface area (Å²) in [5, 5.41) is 18.1. The van der Waals surface area contributed by atoms with Crippen LogP contribution in [0.5, 0.6) is 5.75 Å². The summed E-state index contributed by atoms with van der Waals surface area (Å²) in [7, 11) is -2.23. The molecule has 2 N–H and O–H groups in total. The van der Waals surface area contributed by atoms with Crippen LogP contribution in [0.25, 0.3) is 5.65 Å². The number of piperidine rings is 1. The fraction of sp³-hybridized carbons (Fsp3) is 0.576. The van der Waals surface area contributed by atoms with E-state index >= 15 is 0 Å². The average Bonchev–Trinajstić information content (AvgIpc) is 3.45. The van der Waals surface area contributed by atoms with Gasteiger partial charge in [-0.05, 0) is 63.3 Å². The molecular formula is C33H48N6O9S. The standard InChI is InChI=1S/C33H48N6O9S/c1-32(2,3)27-25(10-9-18-37(27)30(40)41)35-28-24(16-19-47-49(8,43)44)29(39-26(36-28)15-17-34-39)38(31(42)48-33(4,5)6)22-11-13-23(14-12-22)46-21-20-45-7/h11-15,17,25,27H,9-10,16,18-21H2,1-8H3,(H,35,36)(H,40,41)/t25?,27-/m1/s1. The van der Waals surface area contributed by atoms with Gasteiger partial charge in [0.2, 0.25) is 0 Å². The molecule has 1 aromatic carbocycles. The number of nitrogens with one attached hydrogen (secondary N) is 1. The number of aromatic nitrogens is 3. The summed E-state index contributed by atoms with van der Waals surface area (Å²) in [6.07, 6.45) is 2.01. The molecule has 2 amide bonds. The van der Waals surface area contributed by atoms with E-state index in [0.29, 0.717) is 61.1 Å². The van der Waals surface area contributed by atoms with Gasteiger partial charge in [0.05, 0.1) is 37.4 Å². The SMILES string of the molecule is COCCOc1ccc(N(C(=O)OC(C)(C)C)c2c(CCOS(C)(=O)=O)c(NC3CCCN(C(=O)O)[C@H]3C(C)(C)C)nc3ccnn23)cc1. The molecule has 1 fully saturated rings. The molecule has 0 radical (unpaired) electrons. The van der Waals surface area contributed by atoms with Gasteiger partial charge in [0.1, 0.15) is 23.8 Å². The van der Waals surface area contributed by atoms with Crippen molar-refractivity contribution in [3.05, 3.63) is 42.1 Å². The van der Waals surface area contributed by atoms with Gasteiger partial charge in [0.25, 0.3) is 10.1 Å². The minimum Gasteiger partial charge on any atom is -0.491 e. The molecule has 2 atom stereocenters. The maximum atomic E-state index is 14.2. The first-order valence-electron chi connectivity index (χ1n) is 16.1. The van der Waals surface area contributed by atoms with Crippen LogP contribution in [0, 0.1) is 5.41 Å². The predicted molar refractivity (Wildman–Crippen MR) is 184 cm³/mol. The molecular weight excluding hydrogens is 656 g/mol. The summed E-state index contributed by atoms with van der Waals surface area (Å²) in [6, 6.07) is 7.71. The fourth-order valence-electron chi connectivity index (χ4n) is 6.00. The molecule has 1 aliphatic rings. The zero-order valence-corrected chi connectivity index (χ0v) is 30.2. The van der Waals surface area contributed by atoms with Gasteiger partial charge < -0.3 is 29.5 Å². The number of methoxy groups -OCH3 is 1. The number of ether oxygens (including phenoxy) is 3. The maximum absolute atomic E-state index is 14.2. The van der Waals surface area contributed by atoms with E-state index in [2.05, 4.69) is 10.4 Å². The van der Waals surface area contributed by atoms with Crippen LogP contribution in [0.4, 0.5) is 26.9 Å². The molecule has 0 spiro atoms. The van der Waals surface area contributed by atoms with Crippen LogP contribution in [-0.4, -0.2) is 103 Å². The van der Waals surface area contributed by atoms with Gasteiger partial charge in [-0.2, -0.15) is 18.0 Å². The van der Waals surface area contributed by atoms with E-state index in [0.717, 1.165) is 6.26 Å². The molecule has 16 heteroatoms. The number of carbonyl (C=O) groups is 2. The second kappa shape index (κ2) is 15.2. The topological polar surface area (TPSA) is 174 Å². The van der Waals surface area contributed by atoms with Gasteiger partial charge >= 0.3 is 12.2 Å². The van der Waals surface area contributed by atoms with Crippen molar-refractivity contribution in [2.75, 3.05) is 49.9 Å². The number of anilines is 3. The zero-order chi connectivity index (χ0) is 36.1. The lowest BCUT2D eigenvalue weighted by molar-refractivity contribution is 0.0518. The highest BCUT2D eigenvalue weighted by molar-refractivity contribution is 7.85. The van der Waals surface area contributed by atoms with Crippen molar-refractivity contribution >= 4 is 45.3 Å². The highest BCUT2D eigenvalue weighted by Gasteiger charge is 2.42. The number of carbonyl (C=O) groups excluding carboxylic acids is 1. The van der Waals surface area contributed by atoms with E-state index in [1.165, 1.54) is 20.5 Å². The summed E-state index contributed by atoms with van der Waals surface area (Å²) in [6.45, 7) is 12.1. The van der Waals surface area contributed by atoms with Crippen molar-refractivity contribution < 1.29 is 41.5 Å². The molecule has 3 heterocycles. The number of benzene rings is 1. The number of fused-ring (bicyclic) bond motifs is 1. The second-order valence-electron chi connectivity index (χ2n) is 14.0. The molecule has 1 aliphatic heterocycles. The van der Waals surface area contributed by atoms with Crippen molar-refractivity contribution in [3.8, 4) is 5.75 Å². The Bertz CT molecular complexity index is 1710. The minimum absolute atomic E-state index is 0.0133. The van der Waals surface area contributed by atoms with Crippen LogP contribution in [-0.2, 0) is 30.2 Å². The van der Waals surface area contributed by atoms with Crippen LogP contribution in [0.3, 0.4) is 0 Å². The number of nitrogens with zero attached hydrogens (tertiary/aromatic N) is 5. The normalized spacial score (nSPS) is 17.2. The number of rotatable bonds is 12. The predicted octanol–water partition coefficient (Wildman–Crippen LogP) is 5.32. The minimum atomic E-state index is -3.81. The highest BCUT2D eigenvalue weighted by Crippen LogP contribution is 2.38. The quantitative estimate of drug-likeness (QED) is 0.184. The first kappa shape index (κ1) is 37.7. The third-order valence-electron chi connectivity index (χ3n) is 7.78. The molecule has 3 aromatic rings. The summed E-state index contributed by atoms with van der Waals surface area (Å²) >= 11 is 0. The van der Waals surface area contributed by atoms with Gasteiger partial charge in [-0.25, -0.2) is 19.5 Å². The van der Waals surface area contributed by atoms with E-state index in [1.54, 1.807) is 58.2 Å². The summed E-state index contributed by atoms with van der Waals surface area (Å²) in [5.74, 6) is 1.14. The Labute approximate surface area is 287 Å². The van der Waals surface area contributed by atoms with Gasteiger partial charge in [-0.3, -0.25) is 4.18 Å². The lowest BCUT2D eigenvalue weighted by Gasteiger charge is -2.47. The number of carboxylic acid groups (broad SMARTS) is 1. The Kier molecular flexibility index (Phi) is 11.7. The number of hydrogen-bond donors (Lipinski definition) is 2. The van der Waals surface area contributed by atoms with Crippen LogP contribution in [0.15, 0.2) is 36.5 Å². The van der Waals surface area contributed by atoms with Gasteiger partial charge in [0, 0.05) is 37.7 Å². The van der Waals surface area contributed by atoms with Crippen LogP contribution in [0.1, 0.15) is 59.9 Å². The molecule has 0 aliphatic carbocycles. The van der Waals surface area contributed by atoms with E-state index in [-0.39, 0.29) is 24.9 Å². The maximum Gasteiger partial charge on any atom is 0.420 e. The van der Waals surface area contributed by atoms with E-state index in [4.69, 9.17) is 23.4 Å². The van der Waals surface area contributed by atoms with E-state index in [1.807, 2.05) is 20.8 Å². The Balaban J connectivity index is 1.93. The Morgan fingerprint density at radius 2 is 1.76 bits per heavy atom. The first-order valence-corrected chi connectivity index (χ1v) is 17.9. The number of likely N-dealkylation sites (tertiary alicyclic amines) is 1. The smallest absolute Gasteiger partial charge is 0.420 e. The largest absolute Gasteiger partial charge is 0.491 e. The summed E-state index contributed by atoms with van der Waals surface area (Å²) in [5.41, 5.74) is -0.120. The van der Waals surface area contributed by atoms with E-state index in [9.17, 15) is 23.1 Å². The van der Waals surface area contributed by atoms with E-state index < -0.39 is 39.4 Å². The first-order chi connectivity index (χ1) is 22.9.